The van der Waals surface area contributed by atoms with E-state index in [-0.39, 0.29) is 0 Å². The van der Waals surface area contributed by atoms with Crippen LogP contribution in [-0.2, 0) is 0 Å². The Morgan fingerprint density at radius 1 is 0.696 bits per heavy atom. The molecule has 0 atom stereocenters. The minimum Gasteiger partial charge on any atom is -0.237 e. The molecule has 110 valence electrons. The summed E-state index contributed by atoms with van der Waals surface area (Å²) in [5.74, 6) is 0. The summed E-state index contributed by atoms with van der Waals surface area (Å²) in [5.41, 5.74) is 4.67. The lowest BCUT2D eigenvalue weighted by Gasteiger charge is -2.07. The topological polar surface area (TPSA) is 12.9 Å². The van der Waals surface area contributed by atoms with Crippen molar-refractivity contribution in [2.24, 2.45) is 0 Å². The zero-order chi connectivity index (χ0) is 15.5. The normalized spacial score (nSPS) is 10.6. The van der Waals surface area contributed by atoms with Gasteiger partial charge in [0.2, 0.25) is 0 Å². The van der Waals surface area contributed by atoms with E-state index in [9.17, 15) is 0 Å². The summed E-state index contributed by atoms with van der Waals surface area (Å²) in [5, 5.41) is 1.04. The lowest BCUT2D eigenvalue weighted by atomic mass is 9.98. The molecule has 0 fully saturated rings. The number of hydrogen-bond donors (Lipinski definition) is 0. The van der Waals surface area contributed by atoms with Gasteiger partial charge in [0.15, 0.2) is 0 Å². The van der Waals surface area contributed by atoms with E-state index >= 15 is 0 Å². The zero-order valence-electron chi connectivity index (χ0n) is 12.5. The highest BCUT2D eigenvalue weighted by Crippen LogP contribution is 2.29. The Bertz CT molecular complexity index is 878. The van der Waals surface area contributed by atoms with Gasteiger partial charge >= 0.3 is 0 Å². The van der Waals surface area contributed by atoms with Gasteiger partial charge in [0, 0.05) is 0 Å². The first-order chi connectivity index (χ1) is 11.4. The molecule has 0 saturated heterocycles. The van der Waals surface area contributed by atoms with Crippen LogP contribution in [0.4, 0.5) is 0 Å². The van der Waals surface area contributed by atoms with Gasteiger partial charge in [0.05, 0.1) is 10.2 Å². The number of thiazole rings is 1. The molecule has 0 aliphatic carbocycles. The Balaban J connectivity index is 1.87. The summed E-state index contributed by atoms with van der Waals surface area (Å²) in [6.45, 7) is 0. The molecule has 1 aromatic heterocycles. The summed E-state index contributed by atoms with van der Waals surface area (Å²) in [4.78, 5) is 4.75. The van der Waals surface area contributed by atoms with Crippen molar-refractivity contribution in [1.82, 2.24) is 4.98 Å². The lowest BCUT2D eigenvalue weighted by molar-refractivity contribution is 1.46. The Labute approximate surface area is 139 Å². The Morgan fingerprint density at radius 3 is 1.87 bits per heavy atom. The first-order valence-electron chi connectivity index (χ1n) is 7.58. The summed E-state index contributed by atoms with van der Waals surface area (Å²) < 4.78 is 1.22. The molecule has 0 unspecified atom stereocenters. The van der Waals surface area contributed by atoms with Crippen molar-refractivity contribution in [3.05, 3.63) is 101 Å². The molecule has 1 heterocycles. The smallest absolute Gasteiger partial charge is 0.117 e. The monoisotopic (exact) mass is 313 g/mol. The van der Waals surface area contributed by atoms with Gasteiger partial charge in [-0.2, -0.15) is 0 Å². The van der Waals surface area contributed by atoms with Crippen LogP contribution in [0.2, 0.25) is 0 Å². The molecule has 0 N–H and O–H groups in total. The third kappa shape index (κ3) is 2.94. The third-order valence-corrected chi connectivity index (χ3v) is 4.73. The molecule has 2 heteroatoms. The van der Waals surface area contributed by atoms with Crippen molar-refractivity contribution in [3.63, 3.8) is 0 Å². The average molecular weight is 313 g/mol. The third-order valence-electron chi connectivity index (χ3n) is 3.75. The van der Waals surface area contributed by atoms with Crippen LogP contribution in [0.25, 0.3) is 21.9 Å². The van der Waals surface area contributed by atoms with Crippen LogP contribution in [0.5, 0.6) is 0 Å². The van der Waals surface area contributed by atoms with E-state index in [1.807, 2.05) is 18.2 Å². The van der Waals surface area contributed by atoms with E-state index in [1.54, 1.807) is 11.3 Å². The summed E-state index contributed by atoms with van der Waals surface area (Å²) in [6, 6.07) is 29.2. The zero-order valence-corrected chi connectivity index (χ0v) is 13.3. The molecular formula is C21H15NS. The first kappa shape index (κ1) is 13.9. The van der Waals surface area contributed by atoms with Crippen molar-refractivity contribution in [2.75, 3.05) is 0 Å². The molecule has 0 radical (unpaired) electrons. The fraction of sp³-hybridized carbons (Fsp3) is 0. The molecule has 23 heavy (non-hydrogen) atoms. The van der Waals surface area contributed by atoms with E-state index in [1.165, 1.54) is 21.4 Å². The van der Waals surface area contributed by atoms with E-state index in [4.69, 9.17) is 4.98 Å². The summed E-state index contributed by atoms with van der Waals surface area (Å²) >= 11 is 1.73. The number of hydrogen-bond acceptors (Lipinski definition) is 2. The van der Waals surface area contributed by atoms with Crippen LogP contribution in [0.1, 0.15) is 16.1 Å². The van der Waals surface area contributed by atoms with E-state index in [0.29, 0.717) is 0 Å². The van der Waals surface area contributed by atoms with Crippen LogP contribution in [0, 0.1) is 0 Å². The van der Waals surface area contributed by atoms with Crippen LogP contribution >= 0.6 is 11.3 Å². The maximum atomic E-state index is 4.75. The second-order valence-corrected chi connectivity index (χ2v) is 6.37. The van der Waals surface area contributed by atoms with Gasteiger partial charge < -0.3 is 0 Å². The highest BCUT2D eigenvalue weighted by molar-refractivity contribution is 7.19. The first-order valence-corrected chi connectivity index (χ1v) is 8.40. The average Bonchev–Trinajstić information content (AvgIpc) is 3.04. The molecule has 4 aromatic rings. The number of nitrogens with zero attached hydrogens (tertiary/aromatic N) is 1. The van der Waals surface area contributed by atoms with Gasteiger partial charge in [-0.3, -0.25) is 0 Å². The van der Waals surface area contributed by atoms with Gasteiger partial charge in [-0.25, -0.2) is 4.98 Å². The van der Waals surface area contributed by atoms with Crippen LogP contribution in [0.15, 0.2) is 84.9 Å². The molecule has 0 aliphatic heterocycles. The molecular weight excluding hydrogens is 298 g/mol. The maximum absolute atomic E-state index is 4.75. The number of rotatable bonds is 3. The fourth-order valence-corrected chi connectivity index (χ4v) is 3.55. The SMILES string of the molecule is C(=C(c1ccccc1)c1ccccc1)c1nc2ccccc2s1. The fourth-order valence-electron chi connectivity index (χ4n) is 2.64. The van der Waals surface area contributed by atoms with Crippen molar-refractivity contribution >= 4 is 33.2 Å². The minimum absolute atomic E-state index is 1.04. The number of aromatic nitrogens is 1. The van der Waals surface area contributed by atoms with E-state index in [0.717, 1.165) is 10.5 Å². The van der Waals surface area contributed by atoms with E-state index in [2.05, 4.69) is 72.8 Å². The van der Waals surface area contributed by atoms with Gasteiger partial charge in [0.1, 0.15) is 5.01 Å². The van der Waals surface area contributed by atoms with Crippen molar-refractivity contribution in [1.29, 1.82) is 0 Å². The molecule has 4 rings (SSSR count). The highest BCUT2D eigenvalue weighted by Gasteiger charge is 2.07. The highest BCUT2D eigenvalue weighted by atomic mass is 32.1. The van der Waals surface area contributed by atoms with E-state index < -0.39 is 0 Å². The van der Waals surface area contributed by atoms with Gasteiger partial charge in [0.25, 0.3) is 0 Å². The molecule has 1 nitrogen and oxygen atoms in total. The minimum atomic E-state index is 1.04. The van der Waals surface area contributed by atoms with Crippen LogP contribution in [0.3, 0.4) is 0 Å². The van der Waals surface area contributed by atoms with Gasteiger partial charge in [-0.05, 0) is 34.9 Å². The number of para-hydroxylation sites is 1. The standard InChI is InChI=1S/C21H15NS/c1-3-9-16(10-4-1)18(17-11-5-2-6-12-17)15-21-22-19-13-7-8-14-20(19)23-21/h1-15H. The van der Waals surface area contributed by atoms with Crippen molar-refractivity contribution in [3.8, 4) is 0 Å². The van der Waals surface area contributed by atoms with Crippen LogP contribution < -0.4 is 0 Å². The molecule has 0 amide bonds. The second kappa shape index (κ2) is 6.19. The van der Waals surface area contributed by atoms with Crippen LogP contribution in [-0.4, -0.2) is 4.98 Å². The lowest BCUT2D eigenvalue weighted by Crippen LogP contribution is -1.87. The van der Waals surface area contributed by atoms with Gasteiger partial charge in [-0.15, -0.1) is 11.3 Å². The summed E-state index contributed by atoms with van der Waals surface area (Å²) in [7, 11) is 0. The predicted octanol–water partition coefficient (Wildman–Crippen LogP) is 5.89. The van der Waals surface area contributed by atoms with Gasteiger partial charge in [-0.1, -0.05) is 72.8 Å². The predicted molar refractivity (Wildman–Crippen MR) is 99.5 cm³/mol. The number of fused-ring (bicyclic) bond motifs is 1. The second-order valence-electron chi connectivity index (χ2n) is 5.31. The number of benzene rings is 3. The Kier molecular flexibility index (Phi) is 3.75. The molecule has 0 bridgehead atoms. The quantitative estimate of drug-likeness (QED) is 0.460. The Morgan fingerprint density at radius 2 is 1.26 bits per heavy atom. The maximum Gasteiger partial charge on any atom is 0.117 e. The van der Waals surface area contributed by atoms with Crippen molar-refractivity contribution < 1.29 is 0 Å². The summed E-state index contributed by atoms with van der Waals surface area (Å²) in [6.07, 6.45) is 2.19. The largest absolute Gasteiger partial charge is 0.237 e. The molecule has 0 spiro atoms. The molecule has 0 saturated carbocycles. The molecule has 0 aliphatic rings. The van der Waals surface area contributed by atoms with Crippen molar-refractivity contribution in [2.45, 2.75) is 0 Å². The Hall–Kier alpha value is -2.71. The molecule has 3 aromatic carbocycles.